The van der Waals surface area contributed by atoms with Crippen molar-refractivity contribution in [3.05, 3.63) is 30.1 Å². The van der Waals surface area contributed by atoms with Crippen LogP contribution in [0.5, 0.6) is 0 Å². The van der Waals surface area contributed by atoms with Gasteiger partial charge in [0.1, 0.15) is 0 Å². The predicted octanol–water partition coefficient (Wildman–Crippen LogP) is 3.09. The van der Waals surface area contributed by atoms with Crippen LogP contribution in [0.2, 0.25) is 0 Å². The lowest BCUT2D eigenvalue weighted by molar-refractivity contribution is -0.193. The van der Waals surface area contributed by atoms with Crippen molar-refractivity contribution in [3.8, 4) is 0 Å². The SMILES string of the molecule is O=C(N1CCCC1)N1CC[C@@H]2CN(Cc3cccnc3)CCO[C@@H]2C1.O=C(O)C(F)(F)F.O=C(O)C(F)(F)F. The van der Waals surface area contributed by atoms with Gasteiger partial charge in [-0.2, -0.15) is 26.3 Å². The molecule has 4 rings (SSSR count). The molecule has 0 bridgehead atoms. The Bertz CT molecular complexity index is 919. The lowest BCUT2D eigenvalue weighted by Gasteiger charge is -2.39. The van der Waals surface area contributed by atoms with Crippen LogP contribution >= 0.6 is 0 Å². The summed E-state index contributed by atoms with van der Waals surface area (Å²) in [5.74, 6) is -5.00. The molecule has 0 spiro atoms. The molecule has 10 nitrogen and oxygen atoms in total. The van der Waals surface area contributed by atoms with Gasteiger partial charge >= 0.3 is 30.3 Å². The lowest BCUT2D eigenvalue weighted by Crippen LogP contribution is -2.52. The molecule has 2 amide bonds. The summed E-state index contributed by atoms with van der Waals surface area (Å²) >= 11 is 0. The Labute approximate surface area is 220 Å². The number of likely N-dealkylation sites (tertiary alicyclic amines) is 2. The summed E-state index contributed by atoms with van der Waals surface area (Å²) in [7, 11) is 0. The Kier molecular flexibility index (Phi) is 11.8. The fourth-order valence-electron chi connectivity index (χ4n) is 4.29. The minimum atomic E-state index is -5.08. The molecular weight excluding hydrogens is 542 g/mol. The molecule has 2 atom stereocenters. The van der Waals surface area contributed by atoms with Gasteiger partial charge in [-0.1, -0.05) is 6.07 Å². The first kappa shape index (κ1) is 32.1. The number of nitrogens with zero attached hydrogens (tertiary/aromatic N) is 4. The van der Waals surface area contributed by atoms with Crippen molar-refractivity contribution >= 4 is 18.0 Å². The number of carboxylic acids is 2. The molecule has 220 valence electrons. The van der Waals surface area contributed by atoms with E-state index < -0.39 is 24.3 Å². The highest BCUT2D eigenvalue weighted by molar-refractivity contribution is 5.75. The van der Waals surface area contributed by atoms with Crippen LogP contribution in [0.15, 0.2) is 24.5 Å². The van der Waals surface area contributed by atoms with E-state index in [1.807, 2.05) is 28.3 Å². The number of urea groups is 1. The fourth-order valence-corrected chi connectivity index (χ4v) is 4.29. The maximum atomic E-state index is 12.6. The number of piperidine rings is 1. The molecule has 0 radical (unpaired) electrons. The Hall–Kier alpha value is -3.14. The van der Waals surface area contributed by atoms with Crippen LogP contribution in [-0.2, 0) is 20.9 Å². The van der Waals surface area contributed by atoms with E-state index in [4.69, 9.17) is 24.5 Å². The highest BCUT2D eigenvalue weighted by atomic mass is 19.4. The molecule has 0 aliphatic carbocycles. The van der Waals surface area contributed by atoms with E-state index in [0.717, 1.165) is 71.7 Å². The number of carboxylic acid groups (broad SMARTS) is 2. The first-order valence-electron chi connectivity index (χ1n) is 12.1. The third-order valence-corrected chi connectivity index (χ3v) is 6.19. The minimum absolute atomic E-state index is 0.180. The maximum Gasteiger partial charge on any atom is 0.490 e. The van der Waals surface area contributed by atoms with Gasteiger partial charge in [0.25, 0.3) is 0 Å². The number of hydrogen-bond acceptors (Lipinski definition) is 6. The molecule has 0 unspecified atom stereocenters. The number of fused-ring (bicyclic) bond motifs is 1. The molecule has 3 fully saturated rings. The van der Waals surface area contributed by atoms with E-state index in [9.17, 15) is 31.1 Å². The van der Waals surface area contributed by atoms with Crippen LogP contribution in [-0.4, -0.2) is 112 Å². The number of hydrogen-bond donors (Lipinski definition) is 2. The lowest BCUT2D eigenvalue weighted by atomic mass is 9.93. The second-order valence-electron chi connectivity index (χ2n) is 9.08. The van der Waals surface area contributed by atoms with Gasteiger partial charge in [-0.3, -0.25) is 9.88 Å². The zero-order valence-corrected chi connectivity index (χ0v) is 20.8. The van der Waals surface area contributed by atoms with Crippen molar-refractivity contribution in [1.29, 1.82) is 0 Å². The molecule has 4 heterocycles. The average Bonchev–Trinajstić information content (AvgIpc) is 3.32. The van der Waals surface area contributed by atoms with E-state index in [1.165, 1.54) is 5.56 Å². The quantitative estimate of drug-likeness (QED) is 0.519. The number of aliphatic carboxylic acids is 2. The van der Waals surface area contributed by atoms with E-state index in [1.54, 1.807) is 0 Å². The van der Waals surface area contributed by atoms with E-state index in [0.29, 0.717) is 5.92 Å². The summed E-state index contributed by atoms with van der Waals surface area (Å²) in [5, 5.41) is 14.2. The summed E-state index contributed by atoms with van der Waals surface area (Å²) in [5.41, 5.74) is 1.25. The number of pyridine rings is 1. The Morgan fingerprint density at radius 2 is 1.51 bits per heavy atom. The topological polar surface area (TPSA) is 124 Å². The standard InChI is InChI=1S/C19H28N4O2.2C2HF3O2/c24-19(22-7-1-2-8-22)23-9-5-17-14-21(10-11-25-18(17)15-23)13-16-4-3-6-20-12-16;2*3-2(4,5)1(6)7/h3-4,6,12,17-18H,1-2,5,7-11,13-15H2;2*(H,6,7)/t17-,18-;;/m1../s1. The molecule has 0 saturated carbocycles. The highest BCUT2D eigenvalue weighted by Crippen LogP contribution is 2.26. The summed E-state index contributed by atoms with van der Waals surface area (Å²) in [6.45, 7) is 7.12. The van der Waals surface area contributed by atoms with E-state index in [-0.39, 0.29) is 12.1 Å². The normalized spacial score (nSPS) is 21.9. The van der Waals surface area contributed by atoms with E-state index >= 15 is 0 Å². The van der Waals surface area contributed by atoms with Gasteiger partial charge in [0.05, 0.1) is 12.7 Å². The molecule has 2 N–H and O–H groups in total. The zero-order chi connectivity index (χ0) is 29.2. The smallest absolute Gasteiger partial charge is 0.475 e. The number of halogens is 6. The molecule has 1 aromatic rings. The molecule has 1 aromatic heterocycles. The second kappa shape index (κ2) is 14.3. The van der Waals surface area contributed by atoms with Crippen LogP contribution in [0.4, 0.5) is 31.1 Å². The molecule has 3 aliphatic heterocycles. The average molecular weight is 573 g/mol. The van der Waals surface area contributed by atoms with Gasteiger partial charge in [-0.05, 0) is 30.9 Å². The van der Waals surface area contributed by atoms with Crippen molar-refractivity contribution in [2.45, 2.75) is 44.3 Å². The number of carbonyl (C=O) groups excluding carboxylic acids is 1. The van der Waals surface area contributed by atoms with Crippen molar-refractivity contribution in [2.24, 2.45) is 5.92 Å². The molecule has 16 heteroatoms. The van der Waals surface area contributed by atoms with Crippen molar-refractivity contribution < 1.29 is 55.7 Å². The summed E-state index contributed by atoms with van der Waals surface area (Å²) < 4.78 is 69.6. The van der Waals surface area contributed by atoms with Gasteiger partial charge in [0.2, 0.25) is 0 Å². The van der Waals surface area contributed by atoms with Crippen molar-refractivity contribution in [2.75, 3.05) is 45.9 Å². The van der Waals surface area contributed by atoms with Crippen LogP contribution in [0, 0.1) is 5.92 Å². The summed E-state index contributed by atoms with van der Waals surface area (Å²) in [4.78, 5) is 41.1. The van der Waals surface area contributed by atoms with Gasteiger partial charge in [0, 0.05) is 64.1 Å². The van der Waals surface area contributed by atoms with Gasteiger partial charge in [-0.15, -0.1) is 0 Å². The molecular formula is C23H30F6N4O6. The molecule has 39 heavy (non-hydrogen) atoms. The maximum absolute atomic E-state index is 12.6. The van der Waals surface area contributed by atoms with Gasteiger partial charge < -0.3 is 24.7 Å². The number of rotatable bonds is 2. The Morgan fingerprint density at radius 3 is 2.03 bits per heavy atom. The van der Waals surface area contributed by atoms with Crippen LogP contribution in [0.3, 0.4) is 0 Å². The second-order valence-corrected chi connectivity index (χ2v) is 9.08. The van der Waals surface area contributed by atoms with Crippen LogP contribution in [0.1, 0.15) is 24.8 Å². The monoisotopic (exact) mass is 572 g/mol. The van der Waals surface area contributed by atoms with Crippen LogP contribution in [0.25, 0.3) is 0 Å². The number of ether oxygens (including phenoxy) is 1. The number of carbonyl (C=O) groups is 3. The fraction of sp³-hybridized carbons (Fsp3) is 0.652. The first-order chi connectivity index (χ1) is 18.2. The first-order valence-corrected chi connectivity index (χ1v) is 12.1. The zero-order valence-electron chi connectivity index (χ0n) is 20.8. The third-order valence-electron chi connectivity index (χ3n) is 6.19. The minimum Gasteiger partial charge on any atom is -0.475 e. The van der Waals surface area contributed by atoms with Gasteiger partial charge in [0.15, 0.2) is 0 Å². The molecule has 0 aromatic carbocycles. The number of amides is 2. The number of aromatic nitrogens is 1. The highest BCUT2D eigenvalue weighted by Gasteiger charge is 2.39. The van der Waals surface area contributed by atoms with Crippen molar-refractivity contribution in [3.63, 3.8) is 0 Å². The molecule has 3 saturated heterocycles. The van der Waals surface area contributed by atoms with Gasteiger partial charge in [-0.25, -0.2) is 14.4 Å². The number of alkyl halides is 6. The van der Waals surface area contributed by atoms with Crippen molar-refractivity contribution in [1.82, 2.24) is 19.7 Å². The summed E-state index contributed by atoms with van der Waals surface area (Å²) in [6.07, 6.45) is -2.90. The van der Waals surface area contributed by atoms with Crippen LogP contribution < -0.4 is 0 Å². The summed E-state index contributed by atoms with van der Waals surface area (Å²) in [6, 6.07) is 4.35. The Balaban J connectivity index is 0.000000317. The van der Waals surface area contributed by atoms with E-state index in [2.05, 4.69) is 16.0 Å². The predicted molar refractivity (Wildman–Crippen MR) is 123 cm³/mol. The Morgan fingerprint density at radius 1 is 0.923 bits per heavy atom. The third kappa shape index (κ3) is 10.9. The molecule has 3 aliphatic rings. The largest absolute Gasteiger partial charge is 0.490 e.